The summed E-state index contributed by atoms with van der Waals surface area (Å²) in [7, 11) is 0. The summed E-state index contributed by atoms with van der Waals surface area (Å²) in [6, 6.07) is 0. The van der Waals surface area contributed by atoms with Gasteiger partial charge >= 0.3 is 17.9 Å². The Bertz CT molecular complexity index is 1020. The van der Waals surface area contributed by atoms with Crippen molar-refractivity contribution in [3.8, 4) is 0 Å². The SMILES string of the molecule is CC/C=C\C/C=C\C/C=C\CCCCCCCC(=O)OC(COC(=O)CCCCCCCCCC)COC(=O)CCCCCCCCCCCCCCCCCCCCC. The molecule has 1 unspecified atom stereocenters. The molecular weight excluding hydrogens is 745 g/mol. The molecule has 0 spiro atoms. The first-order chi connectivity index (χ1) is 29.5. The summed E-state index contributed by atoms with van der Waals surface area (Å²) in [6.07, 6.45) is 57.1. The fourth-order valence-electron chi connectivity index (χ4n) is 7.52. The van der Waals surface area contributed by atoms with E-state index < -0.39 is 6.10 Å². The molecule has 0 aromatic carbocycles. The van der Waals surface area contributed by atoms with Gasteiger partial charge in [-0.05, 0) is 51.4 Å². The van der Waals surface area contributed by atoms with Gasteiger partial charge in [0.1, 0.15) is 13.2 Å². The van der Waals surface area contributed by atoms with Crippen molar-refractivity contribution in [2.45, 2.75) is 277 Å². The lowest BCUT2D eigenvalue weighted by Gasteiger charge is -2.18. The second-order valence-electron chi connectivity index (χ2n) is 17.4. The van der Waals surface area contributed by atoms with Gasteiger partial charge in [-0.3, -0.25) is 14.4 Å². The van der Waals surface area contributed by atoms with Crippen molar-refractivity contribution in [2.75, 3.05) is 13.2 Å². The van der Waals surface area contributed by atoms with E-state index in [0.29, 0.717) is 19.3 Å². The highest BCUT2D eigenvalue weighted by molar-refractivity contribution is 5.71. The topological polar surface area (TPSA) is 78.9 Å². The molecule has 0 heterocycles. The molecule has 0 amide bonds. The van der Waals surface area contributed by atoms with Gasteiger partial charge in [0.2, 0.25) is 0 Å². The maximum absolute atomic E-state index is 12.8. The molecule has 0 rings (SSSR count). The smallest absolute Gasteiger partial charge is 0.306 e. The van der Waals surface area contributed by atoms with Gasteiger partial charge in [0, 0.05) is 19.3 Å². The predicted molar refractivity (Wildman–Crippen MR) is 256 cm³/mol. The van der Waals surface area contributed by atoms with Crippen LogP contribution < -0.4 is 0 Å². The lowest BCUT2D eigenvalue weighted by atomic mass is 10.0. The first-order valence-electron chi connectivity index (χ1n) is 26.0. The molecule has 1 atom stereocenters. The van der Waals surface area contributed by atoms with E-state index in [1.165, 1.54) is 135 Å². The van der Waals surface area contributed by atoms with Crippen LogP contribution in [0.2, 0.25) is 0 Å². The van der Waals surface area contributed by atoms with E-state index in [1.54, 1.807) is 0 Å². The van der Waals surface area contributed by atoms with Crippen molar-refractivity contribution in [1.82, 2.24) is 0 Å². The highest BCUT2D eigenvalue weighted by Crippen LogP contribution is 2.16. The van der Waals surface area contributed by atoms with Crippen LogP contribution in [0.3, 0.4) is 0 Å². The highest BCUT2D eigenvalue weighted by atomic mass is 16.6. The van der Waals surface area contributed by atoms with Crippen LogP contribution in [0.15, 0.2) is 36.5 Å². The molecule has 0 N–H and O–H groups in total. The third-order valence-electron chi connectivity index (χ3n) is 11.4. The van der Waals surface area contributed by atoms with Gasteiger partial charge < -0.3 is 14.2 Å². The van der Waals surface area contributed by atoms with E-state index in [9.17, 15) is 14.4 Å². The first kappa shape index (κ1) is 57.6. The minimum Gasteiger partial charge on any atom is -0.462 e. The molecule has 0 aliphatic heterocycles. The summed E-state index contributed by atoms with van der Waals surface area (Å²) >= 11 is 0. The van der Waals surface area contributed by atoms with E-state index in [4.69, 9.17) is 14.2 Å². The summed E-state index contributed by atoms with van der Waals surface area (Å²) in [5, 5.41) is 0. The number of esters is 3. The van der Waals surface area contributed by atoms with Crippen LogP contribution in [0.5, 0.6) is 0 Å². The number of carbonyl (C=O) groups is 3. The summed E-state index contributed by atoms with van der Waals surface area (Å²) in [5.74, 6) is -0.886. The Kier molecular flexibility index (Phi) is 47.3. The van der Waals surface area contributed by atoms with Crippen LogP contribution in [0, 0.1) is 0 Å². The maximum atomic E-state index is 12.8. The van der Waals surface area contributed by atoms with Crippen LogP contribution in [0.25, 0.3) is 0 Å². The number of rotatable bonds is 47. The Morgan fingerprint density at radius 2 is 0.650 bits per heavy atom. The van der Waals surface area contributed by atoms with Crippen molar-refractivity contribution in [2.24, 2.45) is 0 Å². The zero-order valence-corrected chi connectivity index (χ0v) is 40.0. The van der Waals surface area contributed by atoms with E-state index in [1.807, 2.05) is 0 Å². The minimum atomic E-state index is -0.775. The Labute approximate surface area is 372 Å². The summed E-state index contributed by atoms with van der Waals surface area (Å²) in [4.78, 5) is 37.8. The van der Waals surface area contributed by atoms with Gasteiger partial charge in [-0.15, -0.1) is 0 Å². The Hall–Kier alpha value is -2.37. The second-order valence-corrected chi connectivity index (χ2v) is 17.4. The molecule has 0 aliphatic rings. The molecule has 0 aromatic rings. The largest absolute Gasteiger partial charge is 0.462 e. The van der Waals surface area contributed by atoms with Crippen LogP contribution in [-0.2, 0) is 28.6 Å². The van der Waals surface area contributed by atoms with Crippen molar-refractivity contribution >= 4 is 17.9 Å². The molecule has 0 fully saturated rings. The van der Waals surface area contributed by atoms with E-state index in [2.05, 4.69) is 57.2 Å². The monoisotopic (exact) mass is 843 g/mol. The number of allylic oxidation sites excluding steroid dienone is 6. The highest BCUT2D eigenvalue weighted by Gasteiger charge is 2.19. The Morgan fingerprint density at radius 1 is 0.350 bits per heavy atom. The number of hydrogen-bond donors (Lipinski definition) is 0. The van der Waals surface area contributed by atoms with Gasteiger partial charge in [0.15, 0.2) is 6.10 Å². The van der Waals surface area contributed by atoms with Crippen LogP contribution in [0.4, 0.5) is 0 Å². The molecule has 0 aromatic heterocycles. The van der Waals surface area contributed by atoms with Crippen molar-refractivity contribution in [3.05, 3.63) is 36.5 Å². The average Bonchev–Trinajstić information content (AvgIpc) is 3.24. The number of ether oxygens (including phenoxy) is 3. The van der Waals surface area contributed by atoms with E-state index >= 15 is 0 Å². The molecule has 6 heteroatoms. The second kappa shape index (κ2) is 49.3. The van der Waals surface area contributed by atoms with Gasteiger partial charge in [-0.25, -0.2) is 0 Å². The van der Waals surface area contributed by atoms with E-state index in [0.717, 1.165) is 96.3 Å². The predicted octanol–water partition coefficient (Wildman–Crippen LogP) is 16.9. The zero-order chi connectivity index (χ0) is 43.7. The number of carbonyl (C=O) groups excluding carboxylic acids is 3. The van der Waals surface area contributed by atoms with Crippen molar-refractivity contribution in [3.63, 3.8) is 0 Å². The lowest BCUT2D eigenvalue weighted by Crippen LogP contribution is -2.30. The van der Waals surface area contributed by atoms with Crippen LogP contribution in [0.1, 0.15) is 271 Å². The van der Waals surface area contributed by atoms with Gasteiger partial charge in [-0.2, -0.15) is 0 Å². The molecule has 0 saturated carbocycles. The molecule has 6 nitrogen and oxygen atoms in total. The quantitative estimate of drug-likeness (QED) is 0.0263. The Balaban J connectivity index is 4.25. The van der Waals surface area contributed by atoms with Crippen molar-refractivity contribution < 1.29 is 28.6 Å². The fraction of sp³-hybridized carbons (Fsp3) is 0.833. The molecule has 60 heavy (non-hydrogen) atoms. The van der Waals surface area contributed by atoms with Crippen LogP contribution in [-0.4, -0.2) is 37.2 Å². The minimum absolute atomic E-state index is 0.0754. The molecular formula is C54H98O6. The maximum Gasteiger partial charge on any atom is 0.306 e. The number of unbranched alkanes of at least 4 members (excludes halogenated alkanes) is 30. The average molecular weight is 843 g/mol. The molecule has 0 bridgehead atoms. The van der Waals surface area contributed by atoms with Crippen molar-refractivity contribution in [1.29, 1.82) is 0 Å². The third-order valence-corrected chi connectivity index (χ3v) is 11.4. The van der Waals surface area contributed by atoms with E-state index in [-0.39, 0.29) is 31.1 Å². The van der Waals surface area contributed by atoms with Gasteiger partial charge in [0.25, 0.3) is 0 Å². The Morgan fingerprint density at radius 3 is 1.02 bits per heavy atom. The van der Waals surface area contributed by atoms with Gasteiger partial charge in [-0.1, -0.05) is 237 Å². The zero-order valence-electron chi connectivity index (χ0n) is 40.0. The van der Waals surface area contributed by atoms with Gasteiger partial charge in [0.05, 0.1) is 0 Å². The van der Waals surface area contributed by atoms with Crippen LogP contribution >= 0.6 is 0 Å². The molecule has 0 radical (unpaired) electrons. The summed E-state index contributed by atoms with van der Waals surface area (Å²) in [5.41, 5.74) is 0. The summed E-state index contributed by atoms with van der Waals surface area (Å²) < 4.78 is 16.7. The molecule has 0 aliphatic carbocycles. The first-order valence-corrected chi connectivity index (χ1v) is 26.0. The normalized spacial score (nSPS) is 12.2. The standard InChI is InChI=1S/C54H98O6/c1-4-7-10-13-16-19-21-23-25-26-27-28-30-31-33-35-38-41-44-47-53(56)59-50-51(49-58-52(55)46-43-40-37-18-15-12-9-6-3)60-54(57)48-45-42-39-36-34-32-29-24-22-20-17-14-11-8-5-2/h8,11,17,20,24,29,51H,4-7,9-10,12-16,18-19,21-23,25-28,30-50H2,1-3H3/b11-8-,20-17-,29-24-. The third kappa shape index (κ3) is 46.7. The fourth-order valence-corrected chi connectivity index (χ4v) is 7.52. The lowest BCUT2D eigenvalue weighted by molar-refractivity contribution is -0.167. The molecule has 350 valence electrons. The molecule has 0 saturated heterocycles. The summed E-state index contributed by atoms with van der Waals surface area (Å²) in [6.45, 7) is 6.51. The number of hydrogen-bond acceptors (Lipinski definition) is 6.